The molecule has 0 bridgehead atoms. The first kappa shape index (κ1) is 23.3. The minimum Gasteiger partial charge on any atom is -0.497 e. The first-order valence-corrected chi connectivity index (χ1v) is 12.1. The topological polar surface area (TPSA) is 102 Å². The standard InChI is InChI=1S/C27H23N5O3S/c1-17-21(15-18-7-4-3-5-8-18)26(34)30-27(28-17)32-24(16-22(31-32)23-9-6-14-36-23)29-25(33)19-10-12-20(35-2)13-11-19/h3-14,16H,15H2,1-2H3,(H,29,33)(H,28,30,34). The molecule has 0 saturated heterocycles. The number of thiophene rings is 1. The molecule has 0 saturated carbocycles. The predicted molar refractivity (Wildman–Crippen MR) is 140 cm³/mol. The minimum atomic E-state index is -0.323. The van der Waals surface area contributed by atoms with Crippen molar-refractivity contribution < 1.29 is 9.53 Å². The van der Waals surface area contributed by atoms with Crippen molar-refractivity contribution in [1.82, 2.24) is 19.7 Å². The maximum absolute atomic E-state index is 13.1. The number of amides is 1. The fourth-order valence-corrected chi connectivity index (χ4v) is 4.49. The Morgan fingerprint density at radius 2 is 1.86 bits per heavy atom. The van der Waals surface area contributed by atoms with Gasteiger partial charge in [-0.15, -0.1) is 11.3 Å². The summed E-state index contributed by atoms with van der Waals surface area (Å²) in [5.74, 6) is 0.945. The van der Waals surface area contributed by atoms with Gasteiger partial charge in [0.1, 0.15) is 17.3 Å². The van der Waals surface area contributed by atoms with Gasteiger partial charge < -0.3 is 10.1 Å². The Morgan fingerprint density at radius 3 is 2.53 bits per heavy atom. The lowest BCUT2D eigenvalue weighted by Crippen LogP contribution is -2.22. The minimum absolute atomic E-state index is 0.224. The van der Waals surface area contributed by atoms with Crippen molar-refractivity contribution in [2.24, 2.45) is 0 Å². The number of aromatic amines is 1. The van der Waals surface area contributed by atoms with Crippen molar-refractivity contribution in [3.63, 3.8) is 0 Å². The van der Waals surface area contributed by atoms with Gasteiger partial charge in [-0.05, 0) is 48.2 Å². The molecular weight excluding hydrogens is 474 g/mol. The number of nitrogens with one attached hydrogen (secondary N) is 2. The summed E-state index contributed by atoms with van der Waals surface area (Å²) in [5.41, 5.74) is 3.06. The van der Waals surface area contributed by atoms with Crippen LogP contribution in [0.2, 0.25) is 0 Å². The largest absolute Gasteiger partial charge is 0.497 e. The second kappa shape index (κ2) is 10.0. The molecule has 1 amide bonds. The molecule has 180 valence electrons. The number of ether oxygens (including phenoxy) is 1. The Labute approximate surface area is 211 Å². The number of carbonyl (C=O) groups excluding carboxylic acids is 1. The molecule has 0 atom stereocenters. The first-order chi connectivity index (χ1) is 17.5. The fraction of sp³-hybridized carbons (Fsp3) is 0.111. The van der Waals surface area contributed by atoms with Crippen molar-refractivity contribution in [2.45, 2.75) is 13.3 Å². The number of methoxy groups -OCH3 is 1. The number of benzene rings is 2. The molecule has 3 heterocycles. The van der Waals surface area contributed by atoms with Crippen molar-refractivity contribution in [3.8, 4) is 22.3 Å². The van der Waals surface area contributed by atoms with Crippen LogP contribution in [0.1, 0.15) is 27.2 Å². The number of H-pyrrole nitrogens is 1. The van der Waals surface area contributed by atoms with Gasteiger partial charge in [0.05, 0.1) is 17.7 Å². The average Bonchev–Trinajstić information content (AvgIpc) is 3.57. The van der Waals surface area contributed by atoms with Crippen LogP contribution in [0.3, 0.4) is 0 Å². The van der Waals surface area contributed by atoms with Gasteiger partial charge in [-0.1, -0.05) is 36.4 Å². The van der Waals surface area contributed by atoms with E-state index in [9.17, 15) is 9.59 Å². The molecule has 0 aliphatic heterocycles. The molecule has 36 heavy (non-hydrogen) atoms. The van der Waals surface area contributed by atoms with E-state index in [0.717, 1.165) is 10.4 Å². The summed E-state index contributed by atoms with van der Waals surface area (Å²) >= 11 is 1.53. The Bertz CT molecular complexity index is 1560. The molecular formula is C27H23N5O3S. The van der Waals surface area contributed by atoms with E-state index in [-0.39, 0.29) is 17.4 Å². The number of anilines is 1. The molecule has 8 nitrogen and oxygen atoms in total. The van der Waals surface area contributed by atoms with Gasteiger partial charge in [0, 0.05) is 23.6 Å². The van der Waals surface area contributed by atoms with Gasteiger partial charge in [-0.3, -0.25) is 14.6 Å². The van der Waals surface area contributed by atoms with E-state index in [1.165, 1.54) is 16.0 Å². The summed E-state index contributed by atoms with van der Waals surface area (Å²) in [6.45, 7) is 1.80. The van der Waals surface area contributed by atoms with Crippen LogP contribution in [0.25, 0.3) is 16.5 Å². The molecule has 0 spiro atoms. The number of aryl methyl sites for hydroxylation is 1. The lowest BCUT2D eigenvalue weighted by Gasteiger charge is -2.11. The Morgan fingerprint density at radius 1 is 1.08 bits per heavy atom. The summed E-state index contributed by atoms with van der Waals surface area (Å²) in [6, 6.07) is 22.2. The third kappa shape index (κ3) is 4.82. The number of rotatable bonds is 7. The van der Waals surface area contributed by atoms with E-state index in [1.807, 2.05) is 47.8 Å². The van der Waals surface area contributed by atoms with E-state index in [2.05, 4.69) is 20.4 Å². The zero-order valence-corrected chi connectivity index (χ0v) is 20.5. The van der Waals surface area contributed by atoms with Gasteiger partial charge in [-0.2, -0.15) is 9.78 Å². The first-order valence-electron chi connectivity index (χ1n) is 11.3. The van der Waals surface area contributed by atoms with Crippen molar-refractivity contribution in [1.29, 1.82) is 0 Å². The molecule has 5 rings (SSSR count). The molecule has 9 heteroatoms. The number of nitrogens with zero attached hydrogens (tertiary/aromatic N) is 3. The highest BCUT2D eigenvalue weighted by molar-refractivity contribution is 7.13. The second-order valence-corrected chi connectivity index (χ2v) is 9.05. The van der Waals surface area contributed by atoms with Crippen LogP contribution >= 0.6 is 11.3 Å². The number of hydrogen-bond acceptors (Lipinski definition) is 6. The molecule has 0 aliphatic carbocycles. The van der Waals surface area contributed by atoms with Crippen molar-refractivity contribution in [3.05, 3.63) is 111 Å². The molecule has 2 aromatic carbocycles. The van der Waals surface area contributed by atoms with Gasteiger partial charge >= 0.3 is 0 Å². The number of aromatic nitrogens is 4. The smallest absolute Gasteiger partial charge is 0.256 e. The molecule has 0 unspecified atom stereocenters. The van der Waals surface area contributed by atoms with Crippen LogP contribution in [-0.2, 0) is 6.42 Å². The van der Waals surface area contributed by atoms with Gasteiger partial charge in [0.2, 0.25) is 5.95 Å². The highest BCUT2D eigenvalue weighted by Crippen LogP contribution is 2.28. The quantitative estimate of drug-likeness (QED) is 0.335. The third-order valence-electron chi connectivity index (χ3n) is 5.71. The van der Waals surface area contributed by atoms with Crippen LogP contribution in [0.4, 0.5) is 5.82 Å². The lowest BCUT2D eigenvalue weighted by atomic mass is 10.1. The van der Waals surface area contributed by atoms with Gasteiger partial charge in [-0.25, -0.2) is 4.98 Å². The normalized spacial score (nSPS) is 10.8. The third-order valence-corrected chi connectivity index (χ3v) is 6.60. The zero-order valence-electron chi connectivity index (χ0n) is 19.7. The Kier molecular flexibility index (Phi) is 6.46. The van der Waals surface area contributed by atoms with Crippen molar-refractivity contribution >= 4 is 23.1 Å². The summed E-state index contributed by atoms with van der Waals surface area (Å²) in [7, 11) is 1.57. The highest BCUT2D eigenvalue weighted by atomic mass is 32.1. The van der Waals surface area contributed by atoms with Crippen LogP contribution < -0.4 is 15.6 Å². The maximum atomic E-state index is 13.1. The highest BCUT2D eigenvalue weighted by Gasteiger charge is 2.18. The summed E-state index contributed by atoms with van der Waals surface area (Å²) in [5, 5.41) is 9.51. The average molecular weight is 498 g/mol. The zero-order chi connectivity index (χ0) is 25.1. The molecule has 2 N–H and O–H groups in total. The van der Waals surface area contributed by atoms with Crippen molar-refractivity contribution in [2.75, 3.05) is 12.4 Å². The molecule has 5 aromatic rings. The van der Waals surface area contributed by atoms with Gasteiger partial charge in [0.25, 0.3) is 11.5 Å². The van der Waals surface area contributed by atoms with E-state index in [0.29, 0.717) is 40.5 Å². The van der Waals surface area contributed by atoms with E-state index < -0.39 is 0 Å². The van der Waals surface area contributed by atoms with E-state index >= 15 is 0 Å². The van der Waals surface area contributed by atoms with Crippen LogP contribution in [-0.4, -0.2) is 32.8 Å². The maximum Gasteiger partial charge on any atom is 0.256 e. The lowest BCUT2D eigenvalue weighted by molar-refractivity contribution is 0.102. The molecule has 0 radical (unpaired) electrons. The molecule has 3 aromatic heterocycles. The Balaban J connectivity index is 1.52. The Hall–Kier alpha value is -4.50. The van der Waals surface area contributed by atoms with Crippen LogP contribution in [0.5, 0.6) is 5.75 Å². The predicted octanol–water partition coefficient (Wildman–Crippen LogP) is 4.84. The number of carbonyl (C=O) groups is 1. The monoisotopic (exact) mass is 497 g/mol. The summed E-state index contributed by atoms with van der Waals surface area (Å²) in [6.07, 6.45) is 0.468. The summed E-state index contributed by atoms with van der Waals surface area (Å²) < 4.78 is 6.63. The SMILES string of the molecule is COc1ccc(C(=O)Nc2cc(-c3cccs3)nn2-c2nc(C)c(Cc3ccccc3)c(=O)[nH]2)cc1. The molecule has 0 aliphatic rings. The molecule has 0 fully saturated rings. The summed E-state index contributed by atoms with van der Waals surface area (Å²) in [4.78, 5) is 34.5. The fourth-order valence-electron chi connectivity index (χ4n) is 3.81. The van der Waals surface area contributed by atoms with Crippen LogP contribution in [0.15, 0.2) is 83.0 Å². The van der Waals surface area contributed by atoms with E-state index in [1.54, 1.807) is 44.4 Å². The van der Waals surface area contributed by atoms with E-state index in [4.69, 9.17) is 4.74 Å². The second-order valence-electron chi connectivity index (χ2n) is 8.10. The van der Waals surface area contributed by atoms with Crippen LogP contribution in [0, 0.1) is 6.92 Å². The van der Waals surface area contributed by atoms with Gasteiger partial charge in [0.15, 0.2) is 0 Å². The number of hydrogen-bond donors (Lipinski definition) is 2.